The summed E-state index contributed by atoms with van der Waals surface area (Å²) in [4.78, 5) is 11.0. The molecule has 2 aromatic rings. The van der Waals surface area contributed by atoms with Crippen molar-refractivity contribution in [2.75, 3.05) is 0 Å². The van der Waals surface area contributed by atoms with Gasteiger partial charge in [-0.15, -0.1) is 0 Å². The highest BCUT2D eigenvalue weighted by Gasteiger charge is 2.23. The van der Waals surface area contributed by atoms with Crippen molar-refractivity contribution >= 4 is 45.2 Å². The van der Waals surface area contributed by atoms with Crippen molar-refractivity contribution < 1.29 is 4.79 Å². The third kappa shape index (κ3) is 2.32. The number of thiophene rings is 1. The van der Waals surface area contributed by atoms with Gasteiger partial charge in [-0.25, -0.2) is 0 Å². The second kappa shape index (κ2) is 4.55. The first-order valence-corrected chi connectivity index (χ1v) is 7.01. The molecule has 0 aliphatic heterocycles. The fourth-order valence-corrected chi connectivity index (χ4v) is 2.87. The number of nitrogens with zero attached hydrogens (tertiary/aromatic N) is 2. The Kier molecular flexibility index (Phi) is 3.43. The first-order valence-electron chi connectivity index (χ1n) is 4.90. The molecule has 2 aromatic heterocycles. The summed E-state index contributed by atoms with van der Waals surface area (Å²) in [7, 11) is 0. The van der Waals surface area contributed by atoms with E-state index in [-0.39, 0.29) is 0 Å². The molecular weight excluding hydrogens is 324 g/mol. The van der Waals surface area contributed by atoms with Crippen molar-refractivity contribution in [3.05, 3.63) is 26.5 Å². The molecule has 0 bridgehead atoms. The molecular formula is C11H10BrClN2OS. The number of aldehydes is 1. The van der Waals surface area contributed by atoms with Crippen LogP contribution in [0.5, 0.6) is 0 Å². The highest BCUT2D eigenvalue weighted by atomic mass is 79.9. The molecule has 0 saturated heterocycles. The van der Waals surface area contributed by atoms with Crippen LogP contribution in [0, 0.1) is 0 Å². The predicted molar refractivity (Wildman–Crippen MR) is 73.6 cm³/mol. The number of hydrogen-bond acceptors (Lipinski definition) is 3. The summed E-state index contributed by atoms with van der Waals surface area (Å²) >= 11 is 11.0. The minimum Gasteiger partial charge on any atom is -0.301 e. The van der Waals surface area contributed by atoms with E-state index in [1.165, 1.54) is 11.3 Å². The summed E-state index contributed by atoms with van der Waals surface area (Å²) in [5.41, 5.74) is 0.971. The van der Waals surface area contributed by atoms with Gasteiger partial charge in [0.05, 0.1) is 9.50 Å². The van der Waals surface area contributed by atoms with E-state index in [2.05, 4.69) is 21.0 Å². The Bertz CT molecular complexity index is 562. The zero-order chi connectivity index (χ0) is 12.6. The van der Waals surface area contributed by atoms with E-state index in [1.54, 1.807) is 24.7 Å². The van der Waals surface area contributed by atoms with Crippen LogP contribution in [0.2, 0.25) is 5.02 Å². The van der Waals surface area contributed by atoms with Gasteiger partial charge in [0.2, 0.25) is 0 Å². The van der Waals surface area contributed by atoms with E-state index in [1.807, 2.05) is 10.8 Å². The predicted octanol–water partition coefficient (Wildman–Crippen LogP) is 3.96. The number of carbonyl (C=O) groups is 1. The lowest BCUT2D eigenvalue weighted by atomic mass is 10.1. The molecule has 0 aliphatic carbocycles. The number of halogens is 2. The third-order valence-electron chi connectivity index (χ3n) is 2.42. The quantitative estimate of drug-likeness (QED) is 0.797. The third-order valence-corrected chi connectivity index (χ3v) is 4.18. The molecule has 0 saturated carbocycles. The van der Waals surface area contributed by atoms with Crippen LogP contribution in [-0.2, 0) is 10.3 Å². The van der Waals surface area contributed by atoms with Gasteiger partial charge in [0.25, 0.3) is 0 Å². The van der Waals surface area contributed by atoms with Crippen LogP contribution < -0.4 is 0 Å². The summed E-state index contributed by atoms with van der Waals surface area (Å²) in [6.07, 6.45) is 2.66. The van der Waals surface area contributed by atoms with Crippen LogP contribution in [0.15, 0.2) is 21.4 Å². The van der Waals surface area contributed by atoms with Crippen molar-refractivity contribution in [1.82, 2.24) is 9.78 Å². The van der Waals surface area contributed by atoms with Crippen LogP contribution in [0.3, 0.4) is 0 Å². The van der Waals surface area contributed by atoms with Gasteiger partial charge in [-0.2, -0.15) is 16.4 Å². The number of hydrogen-bond donors (Lipinski definition) is 0. The molecule has 0 aromatic carbocycles. The number of aromatic nitrogens is 2. The normalized spacial score (nSPS) is 11.8. The number of carbonyl (C=O) groups excluding carboxylic acids is 1. The van der Waals surface area contributed by atoms with E-state index in [0.717, 1.165) is 22.0 Å². The molecule has 0 radical (unpaired) electrons. The second-order valence-corrected chi connectivity index (χ2v) is 6.18. The number of rotatable bonds is 3. The zero-order valence-corrected chi connectivity index (χ0v) is 12.4. The van der Waals surface area contributed by atoms with Crippen LogP contribution in [0.1, 0.15) is 13.8 Å². The lowest BCUT2D eigenvalue weighted by Crippen LogP contribution is -2.28. The average molecular weight is 334 g/mol. The van der Waals surface area contributed by atoms with Gasteiger partial charge in [-0.05, 0) is 29.8 Å². The van der Waals surface area contributed by atoms with Crippen LogP contribution >= 0.6 is 38.9 Å². The summed E-state index contributed by atoms with van der Waals surface area (Å²) in [5, 5.41) is 8.88. The maximum absolute atomic E-state index is 11.0. The van der Waals surface area contributed by atoms with Gasteiger partial charge < -0.3 is 4.79 Å². The van der Waals surface area contributed by atoms with Crippen LogP contribution in [0.25, 0.3) is 11.3 Å². The summed E-state index contributed by atoms with van der Waals surface area (Å²) < 4.78 is 2.46. The maximum Gasteiger partial charge on any atom is 0.147 e. The molecule has 17 heavy (non-hydrogen) atoms. The largest absolute Gasteiger partial charge is 0.301 e. The topological polar surface area (TPSA) is 34.9 Å². The summed E-state index contributed by atoms with van der Waals surface area (Å²) in [6, 6.07) is 0. The first kappa shape index (κ1) is 12.8. The van der Waals surface area contributed by atoms with Crippen molar-refractivity contribution in [3.63, 3.8) is 0 Å². The molecule has 0 spiro atoms. The van der Waals surface area contributed by atoms with Crippen LogP contribution in [0.4, 0.5) is 0 Å². The Morgan fingerprint density at radius 2 is 2.24 bits per heavy atom. The maximum atomic E-state index is 11.0. The second-order valence-electron chi connectivity index (χ2n) is 4.18. The highest BCUT2D eigenvalue weighted by Crippen LogP contribution is 2.35. The van der Waals surface area contributed by atoms with Crippen molar-refractivity contribution in [1.29, 1.82) is 0 Å². The Morgan fingerprint density at radius 3 is 2.76 bits per heavy atom. The molecule has 90 valence electrons. The van der Waals surface area contributed by atoms with Gasteiger partial charge in [0.1, 0.15) is 17.5 Å². The Morgan fingerprint density at radius 1 is 1.53 bits per heavy atom. The van der Waals surface area contributed by atoms with Crippen molar-refractivity contribution in [2.45, 2.75) is 19.4 Å². The average Bonchev–Trinajstić information content (AvgIpc) is 2.85. The Hall–Kier alpha value is -0.650. The van der Waals surface area contributed by atoms with E-state index in [4.69, 9.17) is 11.6 Å². The van der Waals surface area contributed by atoms with E-state index in [0.29, 0.717) is 5.02 Å². The van der Waals surface area contributed by atoms with Gasteiger partial charge in [-0.3, -0.25) is 4.68 Å². The minimum atomic E-state index is -0.663. The highest BCUT2D eigenvalue weighted by molar-refractivity contribution is 9.10. The molecule has 0 atom stereocenters. The van der Waals surface area contributed by atoms with Crippen molar-refractivity contribution in [3.8, 4) is 11.3 Å². The summed E-state index contributed by atoms with van der Waals surface area (Å²) in [6.45, 7) is 3.61. The van der Waals surface area contributed by atoms with Gasteiger partial charge in [0, 0.05) is 22.5 Å². The van der Waals surface area contributed by atoms with E-state index >= 15 is 0 Å². The van der Waals surface area contributed by atoms with Gasteiger partial charge in [-0.1, -0.05) is 11.6 Å². The molecule has 0 fully saturated rings. The standard InChI is InChI=1S/C11H10BrClN2OS/c1-11(2,6-16)15-3-8(12)10(14-15)7-4-17-5-9(7)13/h3-6H,1-2H3. The van der Waals surface area contributed by atoms with E-state index < -0.39 is 5.54 Å². The monoisotopic (exact) mass is 332 g/mol. The SMILES string of the molecule is CC(C)(C=O)n1cc(Br)c(-c2cscc2Cl)n1. The minimum absolute atomic E-state index is 0.663. The lowest BCUT2D eigenvalue weighted by Gasteiger charge is -2.16. The molecule has 3 nitrogen and oxygen atoms in total. The first-order chi connectivity index (χ1) is 7.95. The molecule has 0 unspecified atom stereocenters. The van der Waals surface area contributed by atoms with Gasteiger partial charge in [0.15, 0.2) is 0 Å². The molecule has 0 amide bonds. The molecule has 2 rings (SSSR count). The van der Waals surface area contributed by atoms with Crippen LogP contribution in [-0.4, -0.2) is 16.1 Å². The lowest BCUT2D eigenvalue weighted by molar-refractivity contribution is -0.114. The Labute approximate surface area is 117 Å². The summed E-state index contributed by atoms with van der Waals surface area (Å²) in [5.74, 6) is 0. The molecule has 2 heterocycles. The van der Waals surface area contributed by atoms with Gasteiger partial charge >= 0.3 is 0 Å². The molecule has 0 aliphatic rings. The van der Waals surface area contributed by atoms with E-state index in [9.17, 15) is 4.79 Å². The fraction of sp³-hybridized carbons (Fsp3) is 0.273. The fourth-order valence-electron chi connectivity index (χ4n) is 1.34. The molecule has 0 N–H and O–H groups in total. The zero-order valence-electron chi connectivity index (χ0n) is 9.28. The van der Waals surface area contributed by atoms with Crippen molar-refractivity contribution in [2.24, 2.45) is 0 Å². The Balaban J connectivity index is 2.52. The smallest absolute Gasteiger partial charge is 0.147 e. The molecule has 6 heteroatoms.